The van der Waals surface area contributed by atoms with Crippen LogP contribution in [0.25, 0.3) is 0 Å². The summed E-state index contributed by atoms with van der Waals surface area (Å²) in [4.78, 5) is 11.0. The minimum absolute atomic E-state index is 0.201. The van der Waals surface area contributed by atoms with Crippen molar-refractivity contribution in [2.24, 2.45) is 11.3 Å². The van der Waals surface area contributed by atoms with Crippen LogP contribution in [0, 0.1) is 11.3 Å². The lowest BCUT2D eigenvalue weighted by atomic mass is 10.00. The first-order valence-corrected chi connectivity index (χ1v) is 3.53. The predicted octanol–water partition coefficient (Wildman–Crippen LogP) is -0.0697. The lowest BCUT2D eigenvalue weighted by Crippen LogP contribution is -2.26. The van der Waals surface area contributed by atoms with E-state index >= 15 is 0 Å². The molecule has 0 aromatic heterocycles. The van der Waals surface area contributed by atoms with Gasteiger partial charge >= 0.3 is 5.97 Å². The van der Waals surface area contributed by atoms with Crippen LogP contribution < -0.4 is 0 Å². The standard InChI is InChI=1S/C7H10O3/c1-4(8)7-2-5(7)3-10-6(7)9/h4-5,8H,2-3H2,1H3. The second kappa shape index (κ2) is 1.53. The molecule has 2 fully saturated rings. The summed E-state index contributed by atoms with van der Waals surface area (Å²) < 4.78 is 4.78. The molecule has 10 heavy (non-hydrogen) atoms. The molecule has 0 radical (unpaired) electrons. The van der Waals surface area contributed by atoms with Crippen LogP contribution in [0.15, 0.2) is 0 Å². The van der Waals surface area contributed by atoms with Gasteiger partial charge in [-0.1, -0.05) is 0 Å². The molecule has 1 heterocycles. The van der Waals surface area contributed by atoms with Crippen molar-refractivity contribution in [3.05, 3.63) is 0 Å². The SMILES string of the molecule is CC(O)C12CC1COC2=O. The Labute approximate surface area is 59.0 Å². The van der Waals surface area contributed by atoms with Crippen molar-refractivity contribution in [1.29, 1.82) is 0 Å². The molecule has 0 bridgehead atoms. The average Bonchev–Trinajstić information content (AvgIpc) is 2.52. The van der Waals surface area contributed by atoms with E-state index in [0.29, 0.717) is 12.5 Å². The fraction of sp³-hybridized carbons (Fsp3) is 0.857. The van der Waals surface area contributed by atoms with Gasteiger partial charge in [-0.3, -0.25) is 4.79 Å². The second-order valence-corrected chi connectivity index (χ2v) is 3.22. The Bertz CT molecular complexity index is 183. The number of ether oxygens (including phenoxy) is 1. The van der Waals surface area contributed by atoms with Crippen LogP contribution in [0.5, 0.6) is 0 Å². The summed E-state index contributed by atoms with van der Waals surface area (Å²) in [7, 11) is 0. The zero-order chi connectivity index (χ0) is 7.35. The molecular formula is C7H10O3. The maximum absolute atomic E-state index is 11.0. The quantitative estimate of drug-likeness (QED) is 0.521. The number of hydrogen-bond acceptors (Lipinski definition) is 3. The van der Waals surface area contributed by atoms with Gasteiger partial charge in [-0.05, 0) is 13.3 Å². The molecule has 3 heteroatoms. The van der Waals surface area contributed by atoms with E-state index in [1.807, 2.05) is 0 Å². The van der Waals surface area contributed by atoms with E-state index in [0.717, 1.165) is 6.42 Å². The Morgan fingerprint density at radius 3 is 2.80 bits per heavy atom. The van der Waals surface area contributed by atoms with Crippen molar-refractivity contribution < 1.29 is 14.6 Å². The van der Waals surface area contributed by atoms with Crippen molar-refractivity contribution in [2.45, 2.75) is 19.4 Å². The van der Waals surface area contributed by atoms with Gasteiger partial charge in [0, 0.05) is 5.92 Å². The van der Waals surface area contributed by atoms with Gasteiger partial charge in [0.15, 0.2) is 0 Å². The largest absolute Gasteiger partial charge is 0.465 e. The highest BCUT2D eigenvalue weighted by Gasteiger charge is 2.68. The van der Waals surface area contributed by atoms with E-state index in [2.05, 4.69) is 0 Å². The summed E-state index contributed by atoms with van der Waals surface area (Å²) in [6.45, 7) is 2.18. The minimum Gasteiger partial charge on any atom is -0.465 e. The van der Waals surface area contributed by atoms with E-state index < -0.39 is 11.5 Å². The molecule has 2 rings (SSSR count). The zero-order valence-electron chi connectivity index (χ0n) is 5.83. The van der Waals surface area contributed by atoms with Gasteiger partial charge in [-0.15, -0.1) is 0 Å². The molecule has 0 aromatic carbocycles. The number of hydrogen-bond donors (Lipinski definition) is 1. The van der Waals surface area contributed by atoms with Gasteiger partial charge in [0.1, 0.15) is 0 Å². The first kappa shape index (κ1) is 6.16. The Morgan fingerprint density at radius 2 is 2.60 bits per heavy atom. The molecule has 3 atom stereocenters. The summed E-state index contributed by atoms with van der Waals surface area (Å²) in [6, 6.07) is 0. The van der Waals surface area contributed by atoms with Crippen LogP contribution in [0.1, 0.15) is 13.3 Å². The van der Waals surface area contributed by atoms with Gasteiger partial charge in [0.05, 0.1) is 18.1 Å². The molecule has 3 nitrogen and oxygen atoms in total. The summed E-state index contributed by atoms with van der Waals surface area (Å²) in [6.07, 6.45) is 0.288. The number of fused-ring (bicyclic) bond motifs is 1. The van der Waals surface area contributed by atoms with Crippen LogP contribution in [-0.2, 0) is 9.53 Å². The Hall–Kier alpha value is -0.570. The molecule has 0 aromatic rings. The van der Waals surface area contributed by atoms with Crippen molar-refractivity contribution >= 4 is 5.97 Å². The monoisotopic (exact) mass is 142 g/mol. The van der Waals surface area contributed by atoms with Crippen LogP contribution in [0.3, 0.4) is 0 Å². The second-order valence-electron chi connectivity index (χ2n) is 3.22. The summed E-state index contributed by atoms with van der Waals surface area (Å²) in [5, 5.41) is 9.22. The highest BCUT2D eigenvalue weighted by molar-refractivity contribution is 5.83. The third-order valence-electron chi connectivity index (χ3n) is 2.69. The molecule has 1 N–H and O–H groups in total. The van der Waals surface area contributed by atoms with Gasteiger partial charge in [-0.25, -0.2) is 0 Å². The third-order valence-corrected chi connectivity index (χ3v) is 2.69. The van der Waals surface area contributed by atoms with Gasteiger partial charge in [0.2, 0.25) is 0 Å². The fourth-order valence-electron chi connectivity index (χ4n) is 1.80. The Balaban J connectivity index is 2.25. The topological polar surface area (TPSA) is 46.5 Å². The average molecular weight is 142 g/mol. The zero-order valence-corrected chi connectivity index (χ0v) is 5.83. The molecule has 1 aliphatic heterocycles. The number of carbonyl (C=O) groups excluding carboxylic acids is 1. The number of cyclic esters (lactones) is 1. The van der Waals surface area contributed by atoms with Crippen molar-refractivity contribution in [3.63, 3.8) is 0 Å². The Kier molecular flexibility index (Phi) is 0.944. The van der Waals surface area contributed by atoms with Crippen LogP contribution in [-0.4, -0.2) is 23.8 Å². The van der Waals surface area contributed by atoms with E-state index in [-0.39, 0.29) is 5.97 Å². The molecule has 56 valence electrons. The maximum atomic E-state index is 11.0. The highest BCUT2D eigenvalue weighted by Crippen LogP contribution is 2.59. The lowest BCUT2D eigenvalue weighted by Gasteiger charge is -2.10. The van der Waals surface area contributed by atoms with E-state index in [4.69, 9.17) is 4.74 Å². The van der Waals surface area contributed by atoms with Gasteiger partial charge in [-0.2, -0.15) is 0 Å². The van der Waals surface area contributed by atoms with Crippen molar-refractivity contribution in [2.75, 3.05) is 6.61 Å². The normalized spacial score (nSPS) is 46.2. The van der Waals surface area contributed by atoms with E-state index in [9.17, 15) is 9.90 Å². The molecule has 1 aliphatic carbocycles. The highest BCUT2D eigenvalue weighted by atomic mass is 16.5. The van der Waals surface area contributed by atoms with Crippen molar-refractivity contribution in [3.8, 4) is 0 Å². The molecule has 2 aliphatic rings. The molecule has 1 saturated heterocycles. The number of esters is 1. The Morgan fingerprint density at radius 1 is 1.90 bits per heavy atom. The maximum Gasteiger partial charge on any atom is 0.315 e. The molecule has 0 spiro atoms. The lowest BCUT2D eigenvalue weighted by molar-refractivity contribution is -0.148. The number of carbonyl (C=O) groups is 1. The van der Waals surface area contributed by atoms with Crippen molar-refractivity contribution in [1.82, 2.24) is 0 Å². The van der Waals surface area contributed by atoms with E-state index in [1.54, 1.807) is 6.92 Å². The first-order chi connectivity index (χ1) is 4.68. The third kappa shape index (κ3) is 0.475. The van der Waals surface area contributed by atoms with Crippen LogP contribution in [0.4, 0.5) is 0 Å². The fourth-order valence-corrected chi connectivity index (χ4v) is 1.80. The first-order valence-electron chi connectivity index (χ1n) is 3.53. The number of aliphatic hydroxyl groups excluding tert-OH is 1. The van der Waals surface area contributed by atoms with Gasteiger partial charge in [0.25, 0.3) is 0 Å². The van der Waals surface area contributed by atoms with Gasteiger partial charge < -0.3 is 9.84 Å². The summed E-state index contributed by atoms with van der Waals surface area (Å²) >= 11 is 0. The number of rotatable bonds is 1. The minimum atomic E-state index is -0.535. The summed E-state index contributed by atoms with van der Waals surface area (Å²) in [5.41, 5.74) is -0.486. The van der Waals surface area contributed by atoms with Crippen LogP contribution in [0.2, 0.25) is 0 Å². The molecular weight excluding hydrogens is 132 g/mol. The summed E-state index contributed by atoms with van der Waals surface area (Å²) in [5.74, 6) is 0.104. The number of aliphatic hydroxyl groups is 1. The van der Waals surface area contributed by atoms with Crippen LogP contribution >= 0.6 is 0 Å². The molecule has 1 saturated carbocycles. The smallest absolute Gasteiger partial charge is 0.315 e. The van der Waals surface area contributed by atoms with E-state index in [1.165, 1.54) is 0 Å². The molecule has 0 amide bonds. The predicted molar refractivity (Wildman–Crippen MR) is 33.2 cm³/mol. The molecule has 3 unspecified atom stereocenters.